The van der Waals surface area contributed by atoms with Gasteiger partial charge in [-0.05, 0) is 64.7 Å². The van der Waals surface area contributed by atoms with E-state index < -0.39 is 11.8 Å². The lowest BCUT2D eigenvalue weighted by Gasteiger charge is -2.12. The van der Waals surface area contributed by atoms with Crippen molar-refractivity contribution in [1.29, 1.82) is 0 Å². The van der Waals surface area contributed by atoms with E-state index in [4.69, 9.17) is 14.2 Å². The predicted molar refractivity (Wildman–Crippen MR) is 114 cm³/mol. The molecule has 0 radical (unpaired) electrons. The largest absolute Gasteiger partial charge is 0.493 e. The maximum Gasteiger partial charge on any atom is 0.269 e. The highest BCUT2D eigenvalue weighted by Gasteiger charge is 2.13. The van der Waals surface area contributed by atoms with Gasteiger partial charge in [0.05, 0.1) is 25.3 Å². The van der Waals surface area contributed by atoms with E-state index >= 15 is 0 Å². The number of halogens is 1. The molecule has 0 aromatic heterocycles. The number of nitrogens with one attached hydrogen (secondary N) is 2. The second-order valence-electron chi connectivity index (χ2n) is 6.65. The van der Waals surface area contributed by atoms with Crippen LogP contribution < -0.4 is 25.1 Å². The summed E-state index contributed by atoms with van der Waals surface area (Å²) >= 11 is 3.41. The Hall–Kier alpha value is -2.74. The zero-order valence-electron chi connectivity index (χ0n) is 16.9. The van der Waals surface area contributed by atoms with Crippen LogP contribution in [0.4, 0.5) is 0 Å². The van der Waals surface area contributed by atoms with Crippen molar-refractivity contribution in [3.8, 4) is 17.2 Å². The number of hydrazine groups is 1. The molecule has 8 heteroatoms. The monoisotopic (exact) mass is 464 g/mol. The van der Waals surface area contributed by atoms with Crippen molar-refractivity contribution in [3.63, 3.8) is 0 Å². The molecule has 2 rings (SSSR count). The van der Waals surface area contributed by atoms with Gasteiger partial charge in [0, 0.05) is 11.1 Å². The number of hydrogen-bond donors (Lipinski definition) is 2. The molecule has 0 atom stereocenters. The summed E-state index contributed by atoms with van der Waals surface area (Å²) in [6.45, 7) is 4.85. The molecule has 2 N–H and O–H groups in total. The van der Waals surface area contributed by atoms with Crippen LogP contribution in [0.15, 0.2) is 40.9 Å². The Morgan fingerprint density at radius 2 is 1.45 bits per heavy atom. The normalized spacial score (nSPS) is 10.4. The quantitative estimate of drug-likeness (QED) is 0.577. The van der Waals surface area contributed by atoms with Crippen LogP contribution in [-0.2, 0) is 0 Å². The Morgan fingerprint density at radius 3 is 1.97 bits per heavy atom. The highest BCUT2D eigenvalue weighted by Crippen LogP contribution is 2.28. The maximum atomic E-state index is 12.3. The van der Waals surface area contributed by atoms with Crippen molar-refractivity contribution in [2.75, 3.05) is 20.8 Å². The molecular formula is C21H25BrN2O5. The third-order valence-electron chi connectivity index (χ3n) is 4.08. The van der Waals surface area contributed by atoms with Crippen LogP contribution in [0, 0.1) is 5.92 Å². The van der Waals surface area contributed by atoms with Gasteiger partial charge in [-0.15, -0.1) is 0 Å². The van der Waals surface area contributed by atoms with Gasteiger partial charge in [-0.1, -0.05) is 13.8 Å². The number of hydrogen-bond acceptors (Lipinski definition) is 5. The first-order chi connectivity index (χ1) is 13.8. The second kappa shape index (κ2) is 10.7. The number of amides is 2. The highest BCUT2D eigenvalue weighted by atomic mass is 79.9. The smallest absolute Gasteiger partial charge is 0.269 e. The molecule has 0 aliphatic rings. The van der Waals surface area contributed by atoms with Gasteiger partial charge in [-0.2, -0.15) is 0 Å². The topological polar surface area (TPSA) is 85.9 Å². The summed E-state index contributed by atoms with van der Waals surface area (Å²) in [4.78, 5) is 24.6. The van der Waals surface area contributed by atoms with E-state index in [-0.39, 0.29) is 0 Å². The Kier molecular flexibility index (Phi) is 8.33. The number of methoxy groups -OCH3 is 2. The Morgan fingerprint density at radius 1 is 0.897 bits per heavy atom. The lowest BCUT2D eigenvalue weighted by Crippen LogP contribution is -2.41. The Balaban J connectivity index is 1.96. The molecule has 2 amide bonds. The van der Waals surface area contributed by atoms with Crippen molar-refractivity contribution in [1.82, 2.24) is 10.9 Å². The van der Waals surface area contributed by atoms with Crippen molar-refractivity contribution in [2.24, 2.45) is 5.92 Å². The van der Waals surface area contributed by atoms with Crippen LogP contribution in [0.2, 0.25) is 0 Å². The summed E-state index contributed by atoms with van der Waals surface area (Å²) in [5.74, 6) is 1.21. The predicted octanol–water partition coefficient (Wildman–Crippen LogP) is 3.97. The second-order valence-corrected chi connectivity index (χ2v) is 7.51. The minimum Gasteiger partial charge on any atom is -0.493 e. The number of ether oxygens (including phenoxy) is 3. The first-order valence-corrected chi connectivity index (χ1v) is 9.90. The molecule has 0 unspecified atom stereocenters. The minimum atomic E-state index is -0.480. The Bertz CT molecular complexity index is 870. The van der Waals surface area contributed by atoms with Crippen molar-refractivity contribution in [2.45, 2.75) is 20.3 Å². The molecule has 0 spiro atoms. The van der Waals surface area contributed by atoms with E-state index in [0.717, 1.165) is 6.42 Å². The first-order valence-electron chi connectivity index (χ1n) is 9.10. The van der Waals surface area contributed by atoms with Gasteiger partial charge in [0.1, 0.15) is 5.75 Å². The molecule has 0 fully saturated rings. The molecule has 156 valence electrons. The van der Waals surface area contributed by atoms with E-state index in [2.05, 4.69) is 40.6 Å². The zero-order chi connectivity index (χ0) is 21.4. The average molecular weight is 465 g/mol. The van der Waals surface area contributed by atoms with Gasteiger partial charge in [0.2, 0.25) is 0 Å². The molecule has 0 saturated heterocycles. The lowest BCUT2D eigenvalue weighted by atomic mass is 10.1. The molecule has 0 saturated carbocycles. The highest BCUT2D eigenvalue weighted by molar-refractivity contribution is 9.10. The molecule has 29 heavy (non-hydrogen) atoms. The minimum absolute atomic E-state index is 0.318. The summed E-state index contributed by atoms with van der Waals surface area (Å²) in [6.07, 6.45) is 0.941. The summed E-state index contributed by atoms with van der Waals surface area (Å²) in [5, 5.41) is 0. The van der Waals surface area contributed by atoms with Crippen molar-refractivity contribution >= 4 is 27.7 Å². The van der Waals surface area contributed by atoms with Gasteiger partial charge in [0.25, 0.3) is 11.8 Å². The fourth-order valence-corrected chi connectivity index (χ4v) is 2.89. The van der Waals surface area contributed by atoms with Crippen LogP contribution in [0.1, 0.15) is 41.0 Å². The SMILES string of the molecule is COc1ccc(C(=O)NNC(=O)c2ccc(OCCC(C)C)c(Br)c2)cc1OC. The fraction of sp³-hybridized carbons (Fsp3) is 0.333. The summed E-state index contributed by atoms with van der Waals surface area (Å²) in [5.41, 5.74) is 5.47. The van der Waals surface area contributed by atoms with E-state index in [1.807, 2.05) is 0 Å². The molecular weight excluding hydrogens is 440 g/mol. The first kappa shape index (κ1) is 22.5. The van der Waals surface area contributed by atoms with Crippen molar-refractivity contribution < 1.29 is 23.8 Å². The van der Waals surface area contributed by atoms with Crippen LogP contribution in [-0.4, -0.2) is 32.6 Å². The summed E-state index contributed by atoms with van der Waals surface area (Å²) in [7, 11) is 2.99. The molecule has 0 aliphatic carbocycles. The fourth-order valence-electron chi connectivity index (χ4n) is 2.40. The van der Waals surface area contributed by atoms with E-state index in [1.54, 1.807) is 30.3 Å². The molecule has 7 nitrogen and oxygen atoms in total. The van der Waals surface area contributed by atoms with Crippen LogP contribution in [0.25, 0.3) is 0 Å². The number of carbonyl (C=O) groups excluding carboxylic acids is 2. The van der Waals surface area contributed by atoms with E-state index in [0.29, 0.717) is 45.4 Å². The lowest BCUT2D eigenvalue weighted by molar-refractivity contribution is 0.0846. The summed E-state index contributed by atoms with van der Waals surface area (Å²) in [6, 6.07) is 9.71. The third-order valence-corrected chi connectivity index (χ3v) is 4.70. The van der Waals surface area contributed by atoms with Gasteiger partial charge in [-0.3, -0.25) is 20.4 Å². The average Bonchev–Trinajstić information content (AvgIpc) is 2.71. The summed E-state index contributed by atoms with van der Waals surface area (Å²) < 4.78 is 16.7. The van der Waals surface area contributed by atoms with Crippen LogP contribution >= 0.6 is 15.9 Å². The van der Waals surface area contributed by atoms with E-state index in [1.165, 1.54) is 20.3 Å². The Labute approximate surface area is 178 Å². The molecule has 2 aromatic rings. The van der Waals surface area contributed by atoms with Gasteiger partial charge < -0.3 is 14.2 Å². The zero-order valence-corrected chi connectivity index (χ0v) is 18.5. The third kappa shape index (κ3) is 6.39. The number of benzene rings is 2. The maximum absolute atomic E-state index is 12.3. The van der Waals surface area contributed by atoms with Gasteiger partial charge >= 0.3 is 0 Å². The van der Waals surface area contributed by atoms with Crippen LogP contribution in [0.3, 0.4) is 0 Å². The standard InChI is InChI=1S/C21H25BrN2O5/c1-13(2)9-10-29-17-7-5-14(11-16(17)22)20(25)23-24-21(26)15-6-8-18(27-3)19(12-15)28-4/h5-8,11-13H,9-10H2,1-4H3,(H,23,25)(H,24,26). The van der Waals surface area contributed by atoms with E-state index in [9.17, 15) is 9.59 Å². The number of carbonyl (C=O) groups is 2. The number of rotatable bonds is 8. The molecule has 0 aliphatic heterocycles. The van der Waals surface area contributed by atoms with Crippen molar-refractivity contribution in [3.05, 3.63) is 52.0 Å². The molecule has 0 bridgehead atoms. The van der Waals surface area contributed by atoms with Gasteiger partial charge in [-0.25, -0.2) is 0 Å². The molecule has 2 aromatic carbocycles. The van der Waals surface area contributed by atoms with Gasteiger partial charge in [0.15, 0.2) is 11.5 Å². The van der Waals surface area contributed by atoms with Crippen LogP contribution in [0.5, 0.6) is 17.2 Å². The molecule has 0 heterocycles.